The molecule has 3 nitrogen and oxygen atoms in total. The van der Waals surface area contributed by atoms with E-state index in [2.05, 4.69) is 83.4 Å². The molecule has 0 spiro atoms. The lowest BCUT2D eigenvalue weighted by Crippen LogP contribution is -2.54. The molecule has 1 fully saturated rings. The molecular formula is C26H30N2O. The second-order valence-corrected chi connectivity index (χ2v) is 7.72. The molecule has 0 bridgehead atoms. The van der Waals surface area contributed by atoms with Crippen LogP contribution in [0.3, 0.4) is 0 Å². The van der Waals surface area contributed by atoms with Crippen LogP contribution in [0, 0.1) is 0 Å². The van der Waals surface area contributed by atoms with Crippen LogP contribution in [0.5, 0.6) is 5.75 Å². The number of benzene rings is 3. The summed E-state index contributed by atoms with van der Waals surface area (Å²) < 4.78 is 5.54. The van der Waals surface area contributed by atoms with Crippen molar-refractivity contribution in [2.75, 3.05) is 13.7 Å². The number of hydrogen-bond donors (Lipinski definition) is 2. The van der Waals surface area contributed by atoms with Gasteiger partial charge in [0, 0.05) is 30.1 Å². The Bertz CT molecular complexity index is 842. The molecule has 0 unspecified atom stereocenters. The van der Waals surface area contributed by atoms with Crippen molar-refractivity contribution in [2.24, 2.45) is 0 Å². The van der Waals surface area contributed by atoms with Gasteiger partial charge in [-0.2, -0.15) is 0 Å². The van der Waals surface area contributed by atoms with Crippen molar-refractivity contribution in [3.05, 3.63) is 102 Å². The van der Waals surface area contributed by atoms with Gasteiger partial charge in [-0.15, -0.1) is 0 Å². The van der Waals surface area contributed by atoms with E-state index in [1.807, 2.05) is 12.1 Å². The van der Waals surface area contributed by atoms with Crippen LogP contribution in [0.25, 0.3) is 0 Å². The molecule has 0 amide bonds. The van der Waals surface area contributed by atoms with Gasteiger partial charge in [0.05, 0.1) is 7.11 Å². The summed E-state index contributed by atoms with van der Waals surface area (Å²) in [5, 5.41) is 7.68. The average Bonchev–Trinajstić information content (AvgIpc) is 2.80. The SMILES string of the molecule is COc1ccccc1CN[C@H]1CCCN[C@@H]1C(c1ccccc1)c1ccccc1. The van der Waals surface area contributed by atoms with Crippen molar-refractivity contribution in [2.45, 2.75) is 37.4 Å². The molecule has 3 aromatic rings. The second kappa shape index (κ2) is 9.73. The lowest BCUT2D eigenvalue weighted by atomic mass is 9.79. The molecule has 29 heavy (non-hydrogen) atoms. The van der Waals surface area contributed by atoms with Crippen molar-refractivity contribution >= 4 is 0 Å². The van der Waals surface area contributed by atoms with Crippen molar-refractivity contribution in [1.29, 1.82) is 0 Å². The summed E-state index contributed by atoms with van der Waals surface area (Å²) in [5.74, 6) is 1.26. The normalized spacial score (nSPS) is 19.2. The maximum atomic E-state index is 5.54. The fourth-order valence-electron chi connectivity index (χ4n) is 4.51. The van der Waals surface area contributed by atoms with E-state index in [0.29, 0.717) is 18.0 Å². The number of ether oxygens (including phenoxy) is 1. The molecule has 0 saturated carbocycles. The largest absolute Gasteiger partial charge is 0.496 e. The van der Waals surface area contributed by atoms with Gasteiger partial charge in [0.2, 0.25) is 0 Å². The molecule has 150 valence electrons. The van der Waals surface area contributed by atoms with Gasteiger partial charge in [-0.3, -0.25) is 0 Å². The molecule has 2 N–H and O–H groups in total. The first-order valence-electron chi connectivity index (χ1n) is 10.6. The smallest absolute Gasteiger partial charge is 0.123 e. The second-order valence-electron chi connectivity index (χ2n) is 7.72. The molecular weight excluding hydrogens is 356 g/mol. The van der Waals surface area contributed by atoms with Gasteiger partial charge < -0.3 is 15.4 Å². The van der Waals surface area contributed by atoms with Gasteiger partial charge in [-0.25, -0.2) is 0 Å². The monoisotopic (exact) mass is 386 g/mol. The van der Waals surface area contributed by atoms with Crippen molar-refractivity contribution < 1.29 is 4.74 Å². The van der Waals surface area contributed by atoms with Crippen LogP contribution in [0.1, 0.15) is 35.4 Å². The minimum atomic E-state index is 0.313. The van der Waals surface area contributed by atoms with Crippen molar-refractivity contribution in [1.82, 2.24) is 10.6 Å². The zero-order valence-electron chi connectivity index (χ0n) is 17.1. The predicted molar refractivity (Wildman–Crippen MR) is 119 cm³/mol. The van der Waals surface area contributed by atoms with E-state index in [4.69, 9.17) is 4.74 Å². The van der Waals surface area contributed by atoms with Crippen LogP contribution < -0.4 is 15.4 Å². The van der Waals surface area contributed by atoms with Gasteiger partial charge in [-0.1, -0.05) is 78.9 Å². The first kappa shape index (κ1) is 19.7. The highest BCUT2D eigenvalue weighted by molar-refractivity contribution is 5.36. The number of para-hydroxylation sites is 1. The van der Waals surface area contributed by atoms with Gasteiger partial charge in [-0.05, 0) is 36.6 Å². The van der Waals surface area contributed by atoms with Crippen molar-refractivity contribution in [3.8, 4) is 5.75 Å². The molecule has 1 heterocycles. The Morgan fingerprint density at radius 2 is 1.52 bits per heavy atom. The third kappa shape index (κ3) is 4.69. The van der Waals surface area contributed by atoms with E-state index < -0.39 is 0 Å². The molecule has 0 radical (unpaired) electrons. The lowest BCUT2D eigenvalue weighted by Gasteiger charge is -2.39. The van der Waals surface area contributed by atoms with E-state index in [0.717, 1.165) is 18.8 Å². The standard InChI is InChI=1S/C26H30N2O/c1-29-24-17-9-8-15-22(24)19-28-23-16-10-18-27-26(23)25(20-11-4-2-5-12-20)21-13-6-3-7-14-21/h2-9,11-15,17,23,25-28H,10,16,18-19H2,1H3/t23-,26-/m0/s1. The third-order valence-corrected chi connectivity index (χ3v) is 5.93. The van der Waals surface area contributed by atoms with Gasteiger partial charge >= 0.3 is 0 Å². The number of hydrogen-bond acceptors (Lipinski definition) is 3. The quantitative estimate of drug-likeness (QED) is 0.615. The minimum absolute atomic E-state index is 0.313. The lowest BCUT2D eigenvalue weighted by molar-refractivity contribution is 0.279. The van der Waals surface area contributed by atoms with Gasteiger partial charge in [0.15, 0.2) is 0 Å². The summed E-state index contributed by atoms with van der Waals surface area (Å²) in [5.41, 5.74) is 3.93. The van der Waals surface area contributed by atoms with Gasteiger partial charge in [0.1, 0.15) is 5.75 Å². The fraction of sp³-hybridized carbons (Fsp3) is 0.308. The number of nitrogens with one attached hydrogen (secondary N) is 2. The molecule has 0 aliphatic carbocycles. The Balaban J connectivity index is 1.60. The summed E-state index contributed by atoms with van der Waals surface area (Å²) >= 11 is 0. The van der Waals surface area contributed by atoms with E-state index in [-0.39, 0.29) is 0 Å². The molecule has 1 aliphatic heterocycles. The van der Waals surface area contributed by atoms with E-state index in [1.165, 1.54) is 29.5 Å². The fourth-order valence-corrected chi connectivity index (χ4v) is 4.51. The Morgan fingerprint density at radius 1 is 0.897 bits per heavy atom. The Morgan fingerprint density at radius 3 is 2.17 bits per heavy atom. The highest BCUT2D eigenvalue weighted by Gasteiger charge is 2.33. The van der Waals surface area contributed by atoms with E-state index >= 15 is 0 Å². The number of methoxy groups -OCH3 is 1. The topological polar surface area (TPSA) is 33.3 Å². The predicted octanol–water partition coefficient (Wildman–Crippen LogP) is 4.74. The summed E-state index contributed by atoms with van der Waals surface area (Å²) in [7, 11) is 1.74. The molecule has 1 saturated heterocycles. The summed E-state index contributed by atoms with van der Waals surface area (Å²) in [6.07, 6.45) is 2.36. The summed E-state index contributed by atoms with van der Waals surface area (Å²) in [4.78, 5) is 0. The number of rotatable bonds is 7. The Labute approximate surface area is 174 Å². The van der Waals surface area contributed by atoms with E-state index in [9.17, 15) is 0 Å². The minimum Gasteiger partial charge on any atom is -0.496 e. The highest BCUT2D eigenvalue weighted by Crippen LogP contribution is 2.32. The van der Waals surface area contributed by atoms with Crippen LogP contribution in [-0.4, -0.2) is 25.7 Å². The van der Waals surface area contributed by atoms with Crippen LogP contribution in [0.15, 0.2) is 84.9 Å². The first-order valence-corrected chi connectivity index (χ1v) is 10.6. The summed E-state index contributed by atoms with van der Waals surface area (Å²) in [6.45, 7) is 1.87. The zero-order chi connectivity index (χ0) is 19.9. The molecule has 2 atom stereocenters. The zero-order valence-corrected chi connectivity index (χ0v) is 17.1. The number of piperidine rings is 1. The highest BCUT2D eigenvalue weighted by atomic mass is 16.5. The maximum Gasteiger partial charge on any atom is 0.123 e. The average molecular weight is 387 g/mol. The molecule has 3 aromatic carbocycles. The summed E-state index contributed by atoms with van der Waals surface area (Å²) in [6, 6.07) is 30.8. The van der Waals surface area contributed by atoms with Crippen molar-refractivity contribution in [3.63, 3.8) is 0 Å². The van der Waals surface area contributed by atoms with Crippen LogP contribution >= 0.6 is 0 Å². The van der Waals surface area contributed by atoms with Crippen LogP contribution in [0.4, 0.5) is 0 Å². The maximum absolute atomic E-state index is 5.54. The molecule has 4 rings (SSSR count). The molecule has 0 aromatic heterocycles. The van der Waals surface area contributed by atoms with Crippen LogP contribution in [-0.2, 0) is 6.54 Å². The third-order valence-electron chi connectivity index (χ3n) is 5.93. The Hall–Kier alpha value is -2.62. The Kier molecular flexibility index (Phi) is 6.60. The first-order chi connectivity index (χ1) is 14.4. The molecule has 3 heteroatoms. The van der Waals surface area contributed by atoms with Gasteiger partial charge in [0.25, 0.3) is 0 Å². The van der Waals surface area contributed by atoms with Crippen LogP contribution in [0.2, 0.25) is 0 Å². The van der Waals surface area contributed by atoms with E-state index in [1.54, 1.807) is 7.11 Å². The molecule has 1 aliphatic rings.